The van der Waals surface area contributed by atoms with E-state index in [-0.39, 0.29) is 19.6 Å². The van der Waals surface area contributed by atoms with Gasteiger partial charge in [0.25, 0.3) is 5.92 Å². The number of halogens is 6. The fourth-order valence-corrected chi connectivity index (χ4v) is 2.21. The predicted octanol–water partition coefficient (Wildman–Crippen LogP) is 4.31. The van der Waals surface area contributed by atoms with Gasteiger partial charge >= 0.3 is 12.3 Å². The second-order valence-corrected chi connectivity index (χ2v) is 5.83. The molecule has 1 saturated carbocycles. The monoisotopic (exact) mass is 341 g/mol. The molecule has 0 heterocycles. The molecule has 0 amide bonds. The highest BCUT2D eigenvalue weighted by molar-refractivity contribution is 5.48. The van der Waals surface area contributed by atoms with Crippen LogP contribution in [0.4, 0.5) is 32.0 Å². The summed E-state index contributed by atoms with van der Waals surface area (Å²) in [5, 5.41) is 2.84. The first-order valence-corrected chi connectivity index (χ1v) is 7.04. The van der Waals surface area contributed by atoms with E-state index in [4.69, 9.17) is 0 Å². The SMILES string of the molecule is CC1(c2ccc(NCCOCC(F)(F)C(F)F)cc2)CC1(F)F. The van der Waals surface area contributed by atoms with E-state index in [1.54, 1.807) is 24.3 Å². The maximum atomic E-state index is 13.3. The quantitative estimate of drug-likeness (QED) is 0.562. The van der Waals surface area contributed by atoms with Crippen LogP contribution in [0.2, 0.25) is 0 Å². The van der Waals surface area contributed by atoms with Crippen molar-refractivity contribution >= 4 is 5.69 Å². The van der Waals surface area contributed by atoms with Crippen molar-refractivity contribution in [1.29, 1.82) is 0 Å². The van der Waals surface area contributed by atoms with Crippen molar-refractivity contribution in [3.8, 4) is 0 Å². The third-order valence-electron chi connectivity index (χ3n) is 3.97. The molecule has 23 heavy (non-hydrogen) atoms. The summed E-state index contributed by atoms with van der Waals surface area (Å²) in [5.41, 5.74) is 0.00147. The molecule has 0 aromatic heterocycles. The fraction of sp³-hybridized carbons (Fsp3) is 0.600. The summed E-state index contributed by atoms with van der Waals surface area (Å²) in [6.07, 6.45) is -3.94. The van der Waals surface area contributed by atoms with Crippen LogP contribution in [0.5, 0.6) is 0 Å². The molecule has 1 aliphatic rings. The molecule has 1 aliphatic carbocycles. The molecule has 2 rings (SSSR count). The number of ether oxygens (including phenoxy) is 1. The zero-order valence-electron chi connectivity index (χ0n) is 12.4. The molecular weight excluding hydrogens is 324 g/mol. The summed E-state index contributed by atoms with van der Waals surface area (Å²) in [6, 6.07) is 6.36. The Hall–Kier alpha value is -1.44. The van der Waals surface area contributed by atoms with Gasteiger partial charge in [0.2, 0.25) is 0 Å². The molecule has 1 aromatic rings. The Morgan fingerprint density at radius 3 is 2.26 bits per heavy atom. The molecule has 1 unspecified atom stereocenters. The molecule has 1 aromatic carbocycles. The van der Waals surface area contributed by atoms with Crippen LogP contribution in [0.15, 0.2) is 24.3 Å². The molecule has 8 heteroatoms. The van der Waals surface area contributed by atoms with Crippen molar-refractivity contribution in [3.05, 3.63) is 29.8 Å². The lowest BCUT2D eigenvalue weighted by Crippen LogP contribution is -2.33. The normalized spacial score (nSPS) is 23.1. The van der Waals surface area contributed by atoms with Gasteiger partial charge in [0, 0.05) is 18.7 Å². The van der Waals surface area contributed by atoms with Crippen LogP contribution in [0.1, 0.15) is 18.9 Å². The number of benzene rings is 1. The highest BCUT2D eigenvalue weighted by atomic mass is 19.3. The van der Waals surface area contributed by atoms with Crippen LogP contribution in [0.25, 0.3) is 0 Å². The molecule has 0 bridgehead atoms. The van der Waals surface area contributed by atoms with Gasteiger partial charge in [0.15, 0.2) is 0 Å². The van der Waals surface area contributed by atoms with Gasteiger partial charge in [0.1, 0.15) is 6.61 Å². The lowest BCUT2D eigenvalue weighted by molar-refractivity contribution is -0.164. The van der Waals surface area contributed by atoms with E-state index in [0.717, 1.165) is 0 Å². The lowest BCUT2D eigenvalue weighted by Gasteiger charge is -2.15. The minimum Gasteiger partial charge on any atom is -0.383 e. The summed E-state index contributed by atoms with van der Waals surface area (Å²) in [5.74, 6) is -6.85. The van der Waals surface area contributed by atoms with Gasteiger partial charge in [-0.1, -0.05) is 12.1 Å². The highest BCUT2D eigenvalue weighted by Gasteiger charge is 2.68. The Morgan fingerprint density at radius 2 is 1.78 bits per heavy atom. The number of hydrogen-bond donors (Lipinski definition) is 1. The number of rotatable bonds is 8. The molecule has 0 saturated heterocycles. The van der Waals surface area contributed by atoms with Gasteiger partial charge in [-0.25, -0.2) is 17.6 Å². The first kappa shape index (κ1) is 17.9. The first-order valence-electron chi connectivity index (χ1n) is 7.04. The van der Waals surface area contributed by atoms with Crippen molar-refractivity contribution < 1.29 is 31.1 Å². The number of alkyl halides is 6. The zero-order valence-corrected chi connectivity index (χ0v) is 12.4. The summed E-state index contributed by atoms with van der Waals surface area (Å²) in [6.45, 7) is 0.0944. The molecule has 0 spiro atoms. The first-order chi connectivity index (χ1) is 10.6. The Bertz CT molecular complexity index is 533. The number of hydrogen-bond acceptors (Lipinski definition) is 2. The number of nitrogens with one attached hydrogen (secondary N) is 1. The minimum absolute atomic E-state index is 0.131. The van der Waals surface area contributed by atoms with E-state index in [9.17, 15) is 26.3 Å². The van der Waals surface area contributed by atoms with Crippen LogP contribution in [0.3, 0.4) is 0 Å². The summed E-state index contributed by atoms with van der Waals surface area (Å²) in [7, 11) is 0. The van der Waals surface area contributed by atoms with Crippen molar-refractivity contribution in [2.24, 2.45) is 0 Å². The van der Waals surface area contributed by atoms with Crippen LogP contribution < -0.4 is 5.32 Å². The maximum absolute atomic E-state index is 13.3. The maximum Gasteiger partial charge on any atom is 0.330 e. The van der Waals surface area contributed by atoms with E-state index in [0.29, 0.717) is 11.3 Å². The van der Waals surface area contributed by atoms with E-state index >= 15 is 0 Å². The van der Waals surface area contributed by atoms with E-state index in [2.05, 4.69) is 10.1 Å². The van der Waals surface area contributed by atoms with E-state index in [1.165, 1.54) is 6.92 Å². The van der Waals surface area contributed by atoms with E-state index in [1.807, 2.05) is 0 Å². The Balaban J connectivity index is 1.73. The summed E-state index contributed by atoms with van der Waals surface area (Å²) < 4.78 is 79.9. The standard InChI is InChI=1S/C15H17F6NO/c1-13(8-15(13,20)21)10-2-4-11(5-3-10)22-6-7-23-9-14(18,19)12(16)17/h2-5,12,22H,6-9H2,1H3. The number of anilines is 1. The van der Waals surface area contributed by atoms with Gasteiger partial charge in [-0.2, -0.15) is 8.78 Å². The molecule has 2 nitrogen and oxygen atoms in total. The summed E-state index contributed by atoms with van der Waals surface area (Å²) in [4.78, 5) is 0. The van der Waals surface area contributed by atoms with Crippen molar-refractivity contribution in [1.82, 2.24) is 0 Å². The van der Waals surface area contributed by atoms with Crippen molar-refractivity contribution in [2.75, 3.05) is 25.1 Å². The molecule has 130 valence electrons. The van der Waals surface area contributed by atoms with Crippen LogP contribution in [0, 0.1) is 0 Å². The van der Waals surface area contributed by atoms with Crippen molar-refractivity contribution in [3.63, 3.8) is 0 Å². The Labute approximate surface area is 129 Å². The van der Waals surface area contributed by atoms with Crippen LogP contribution in [-0.2, 0) is 10.2 Å². The average Bonchev–Trinajstić information content (AvgIpc) is 2.98. The van der Waals surface area contributed by atoms with E-state index < -0.39 is 30.3 Å². The summed E-state index contributed by atoms with van der Waals surface area (Å²) >= 11 is 0. The van der Waals surface area contributed by atoms with Gasteiger partial charge in [-0.3, -0.25) is 0 Å². The molecule has 1 fully saturated rings. The van der Waals surface area contributed by atoms with Crippen molar-refractivity contribution in [2.45, 2.75) is 37.0 Å². The molecular formula is C15H17F6NO. The minimum atomic E-state index is -4.16. The lowest BCUT2D eigenvalue weighted by atomic mass is 9.97. The van der Waals surface area contributed by atoms with Gasteiger partial charge in [-0.05, 0) is 24.6 Å². The average molecular weight is 341 g/mol. The topological polar surface area (TPSA) is 21.3 Å². The highest BCUT2D eigenvalue weighted by Crippen LogP contribution is 2.61. The zero-order chi connectivity index (χ0) is 17.3. The second-order valence-electron chi connectivity index (χ2n) is 5.83. The van der Waals surface area contributed by atoms with Gasteiger partial charge in [-0.15, -0.1) is 0 Å². The smallest absolute Gasteiger partial charge is 0.330 e. The predicted molar refractivity (Wildman–Crippen MR) is 73.6 cm³/mol. The largest absolute Gasteiger partial charge is 0.383 e. The third-order valence-corrected chi connectivity index (χ3v) is 3.97. The molecule has 0 radical (unpaired) electrons. The Kier molecular flexibility index (Phi) is 4.84. The van der Waals surface area contributed by atoms with Crippen LogP contribution >= 0.6 is 0 Å². The molecule has 1 N–H and O–H groups in total. The molecule has 0 aliphatic heterocycles. The third kappa shape index (κ3) is 3.91. The Morgan fingerprint density at radius 1 is 1.22 bits per heavy atom. The van der Waals surface area contributed by atoms with Gasteiger partial charge < -0.3 is 10.1 Å². The second kappa shape index (κ2) is 6.22. The van der Waals surface area contributed by atoms with Gasteiger partial charge in [0.05, 0.1) is 12.0 Å². The van der Waals surface area contributed by atoms with Crippen LogP contribution in [-0.4, -0.2) is 38.0 Å². The molecule has 1 atom stereocenters. The fourth-order valence-electron chi connectivity index (χ4n) is 2.21.